The Morgan fingerprint density at radius 1 is 0.969 bits per heavy atom. The highest BCUT2D eigenvalue weighted by Gasteiger charge is 2.23. The first-order valence-corrected chi connectivity index (χ1v) is 12.1. The molecule has 0 aromatic heterocycles. The summed E-state index contributed by atoms with van der Waals surface area (Å²) >= 11 is 0. The minimum atomic E-state index is -4.40. The van der Waals surface area contributed by atoms with E-state index in [2.05, 4.69) is 13.8 Å². The van der Waals surface area contributed by atoms with Gasteiger partial charge < -0.3 is 9.64 Å². The molecule has 0 fully saturated rings. The van der Waals surface area contributed by atoms with Crippen molar-refractivity contribution in [1.29, 1.82) is 0 Å². The third kappa shape index (κ3) is 5.11. The summed E-state index contributed by atoms with van der Waals surface area (Å²) in [5.41, 5.74) is 1.78. The molecule has 3 aromatic carbocycles. The van der Waals surface area contributed by atoms with E-state index in [-0.39, 0.29) is 23.5 Å². The Kier molecular flexibility index (Phi) is 7.21. The first-order valence-electron chi connectivity index (χ1n) is 10.7. The number of hydrogen-bond acceptors (Lipinski definition) is 4. The maximum atomic E-state index is 13.1. The van der Waals surface area contributed by atoms with Gasteiger partial charge in [0.2, 0.25) is 0 Å². The Morgan fingerprint density at radius 2 is 1.59 bits per heavy atom. The molecule has 0 aliphatic carbocycles. The van der Waals surface area contributed by atoms with Gasteiger partial charge in [0.15, 0.2) is 6.61 Å². The Balaban J connectivity index is 1.88. The zero-order valence-corrected chi connectivity index (χ0v) is 19.6. The summed E-state index contributed by atoms with van der Waals surface area (Å²) in [7, 11) is -4.40. The second kappa shape index (κ2) is 9.71. The van der Waals surface area contributed by atoms with Crippen LogP contribution in [0.1, 0.15) is 45.6 Å². The van der Waals surface area contributed by atoms with Gasteiger partial charge in [-0.1, -0.05) is 50.2 Å². The lowest BCUT2D eigenvalue weighted by atomic mass is 9.99. The number of carbonyl (C=O) groups is 1. The van der Waals surface area contributed by atoms with E-state index in [1.165, 1.54) is 11.6 Å². The van der Waals surface area contributed by atoms with Crippen molar-refractivity contribution < 1.29 is 22.5 Å². The molecular weight excluding hydrogens is 426 g/mol. The Bertz CT molecular complexity index is 1200. The number of ether oxygens (including phenoxy) is 1. The molecule has 0 saturated carbocycles. The third-order valence-corrected chi connectivity index (χ3v) is 6.52. The SMILES string of the molecule is CCC(C)c1ccc(OCC(=O)N(c2cccc3c(S(=O)(=O)O)cccc23)C(C)C)cc1. The van der Waals surface area contributed by atoms with Gasteiger partial charge in [0.05, 0.1) is 5.69 Å². The van der Waals surface area contributed by atoms with Gasteiger partial charge in [-0.25, -0.2) is 0 Å². The summed E-state index contributed by atoms with van der Waals surface area (Å²) in [6.45, 7) is 7.90. The highest BCUT2D eigenvalue weighted by atomic mass is 32.2. The first kappa shape index (κ1) is 23.8. The number of carbonyl (C=O) groups excluding carboxylic acids is 1. The van der Waals surface area contributed by atoms with Crippen LogP contribution in [0.3, 0.4) is 0 Å². The standard InChI is InChI=1S/C25H29NO5S/c1-5-18(4)19-12-14-20(15-13-19)31-16-25(27)26(17(2)3)23-10-6-9-22-21(23)8-7-11-24(22)32(28,29)30/h6-15,17-18H,5,16H2,1-4H3,(H,28,29,30). The summed E-state index contributed by atoms with van der Waals surface area (Å²) in [4.78, 5) is 14.5. The lowest BCUT2D eigenvalue weighted by molar-refractivity contribution is -0.120. The molecule has 1 atom stereocenters. The van der Waals surface area contributed by atoms with E-state index >= 15 is 0 Å². The van der Waals surface area contributed by atoms with Gasteiger partial charge in [0.1, 0.15) is 10.6 Å². The number of nitrogens with zero attached hydrogens (tertiary/aromatic N) is 1. The number of amides is 1. The van der Waals surface area contributed by atoms with E-state index in [0.29, 0.717) is 28.1 Å². The van der Waals surface area contributed by atoms with Crippen LogP contribution in [0.15, 0.2) is 65.6 Å². The minimum absolute atomic E-state index is 0.158. The van der Waals surface area contributed by atoms with Crippen LogP contribution >= 0.6 is 0 Å². The lowest BCUT2D eigenvalue weighted by Crippen LogP contribution is -2.40. The van der Waals surface area contributed by atoms with Crippen molar-refractivity contribution in [3.63, 3.8) is 0 Å². The van der Waals surface area contributed by atoms with Crippen molar-refractivity contribution in [3.8, 4) is 5.75 Å². The van der Waals surface area contributed by atoms with Crippen LogP contribution in [0.5, 0.6) is 5.75 Å². The molecule has 3 aromatic rings. The highest BCUT2D eigenvalue weighted by Crippen LogP contribution is 2.32. The average molecular weight is 456 g/mol. The van der Waals surface area contributed by atoms with Crippen LogP contribution in [0.25, 0.3) is 10.8 Å². The number of anilines is 1. The predicted molar refractivity (Wildman–Crippen MR) is 127 cm³/mol. The number of benzene rings is 3. The van der Waals surface area contributed by atoms with Gasteiger partial charge in [0, 0.05) is 16.8 Å². The Hall–Kier alpha value is -2.90. The van der Waals surface area contributed by atoms with E-state index in [4.69, 9.17) is 4.74 Å². The second-order valence-electron chi connectivity index (χ2n) is 8.13. The van der Waals surface area contributed by atoms with Crippen molar-refractivity contribution in [2.24, 2.45) is 0 Å². The average Bonchev–Trinajstić information content (AvgIpc) is 2.76. The fourth-order valence-electron chi connectivity index (χ4n) is 3.74. The highest BCUT2D eigenvalue weighted by molar-refractivity contribution is 7.86. The fraction of sp³-hybridized carbons (Fsp3) is 0.320. The summed E-state index contributed by atoms with van der Waals surface area (Å²) in [6, 6.07) is 17.2. The quantitative estimate of drug-likeness (QED) is 0.459. The second-order valence-corrected chi connectivity index (χ2v) is 9.52. The van der Waals surface area contributed by atoms with E-state index in [0.717, 1.165) is 6.42 Å². The molecule has 1 amide bonds. The van der Waals surface area contributed by atoms with Crippen LogP contribution < -0.4 is 9.64 Å². The molecule has 0 spiro atoms. The molecule has 0 bridgehead atoms. The Labute approximate surface area is 189 Å². The zero-order chi connectivity index (χ0) is 23.5. The van der Waals surface area contributed by atoms with Gasteiger partial charge >= 0.3 is 0 Å². The number of fused-ring (bicyclic) bond motifs is 1. The summed E-state index contributed by atoms with van der Waals surface area (Å²) in [6.07, 6.45) is 1.05. The molecule has 170 valence electrons. The predicted octanol–water partition coefficient (Wildman–Crippen LogP) is 5.42. The van der Waals surface area contributed by atoms with Gasteiger partial charge in [-0.3, -0.25) is 9.35 Å². The molecule has 3 rings (SSSR count). The lowest BCUT2D eigenvalue weighted by Gasteiger charge is -2.28. The molecule has 0 heterocycles. The van der Waals surface area contributed by atoms with Gasteiger partial charge in [-0.2, -0.15) is 8.42 Å². The molecule has 0 radical (unpaired) electrons. The minimum Gasteiger partial charge on any atom is -0.484 e. The Morgan fingerprint density at radius 3 is 2.19 bits per heavy atom. The molecule has 0 aliphatic rings. The van der Waals surface area contributed by atoms with Gasteiger partial charge in [-0.05, 0) is 56.0 Å². The first-order chi connectivity index (χ1) is 15.1. The monoisotopic (exact) mass is 455 g/mol. The summed E-state index contributed by atoms with van der Waals surface area (Å²) in [5, 5.41) is 0.912. The zero-order valence-electron chi connectivity index (χ0n) is 18.8. The normalized spacial score (nSPS) is 12.7. The number of rotatable bonds is 8. The van der Waals surface area contributed by atoms with Crippen molar-refractivity contribution in [2.75, 3.05) is 11.5 Å². The molecule has 7 heteroatoms. The molecular formula is C25H29NO5S. The van der Waals surface area contributed by atoms with Crippen LogP contribution in [-0.4, -0.2) is 31.5 Å². The summed E-state index contributed by atoms with van der Waals surface area (Å²) in [5.74, 6) is 0.817. The molecule has 0 aliphatic heterocycles. The van der Waals surface area contributed by atoms with E-state index in [1.54, 1.807) is 35.2 Å². The van der Waals surface area contributed by atoms with Crippen LogP contribution in [-0.2, 0) is 14.9 Å². The van der Waals surface area contributed by atoms with Crippen molar-refractivity contribution >= 4 is 32.5 Å². The smallest absolute Gasteiger partial charge is 0.295 e. The largest absolute Gasteiger partial charge is 0.484 e. The fourth-order valence-corrected chi connectivity index (χ4v) is 4.45. The van der Waals surface area contributed by atoms with E-state index in [9.17, 15) is 17.8 Å². The van der Waals surface area contributed by atoms with Crippen molar-refractivity contribution in [2.45, 2.75) is 51.0 Å². The topological polar surface area (TPSA) is 83.9 Å². The van der Waals surface area contributed by atoms with Crippen LogP contribution in [0.4, 0.5) is 5.69 Å². The third-order valence-electron chi connectivity index (χ3n) is 5.61. The molecule has 1 unspecified atom stereocenters. The van der Waals surface area contributed by atoms with Gasteiger partial charge in [0.25, 0.3) is 16.0 Å². The van der Waals surface area contributed by atoms with E-state index in [1.807, 2.05) is 38.1 Å². The van der Waals surface area contributed by atoms with Crippen molar-refractivity contribution in [1.82, 2.24) is 0 Å². The molecule has 32 heavy (non-hydrogen) atoms. The number of hydrogen-bond donors (Lipinski definition) is 1. The summed E-state index contributed by atoms with van der Waals surface area (Å²) < 4.78 is 38.9. The van der Waals surface area contributed by atoms with Crippen LogP contribution in [0, 0.1) is 0 Å². The van der Waals surface area contributed by atoms with Crippen LogP contribution in [0.2, 0.25) is 0 Å². The maximum absolute atomic E-state index is 13.1. The molecule has 1 N–H and O–H groups in total. The molecule has 0 saturated heterocycles. The maximum Gasteiger partial charge on any atom is 0.295 e. The van der Waals surface area contributed by atoms with Gasteiger partial charge in [-0.15, -0.1) is 0 Å². The van der Waals surface area contributed by atoms with E-state index < -0.39 is 10.1 Å². The van der Waals surface area contributed by atoms with Crippen molar-refractivity contribution in [3.05, 3.63) is 66.2 Å². The molecule has 6 nitrogen and oxygen atoms in total.